The molecule has 0 unspecified atom stereocenters. The van der Waals surface area contributed by atoms with E-state index in [1.54, 1.807) is 0 Å². The number of benzene rings is 5. The molecular weight excluding hydrogens is 548 g/mol. The van der Waals surface area contributed by atoms with Gasteiger partial charge in [0.2, 0.25) is 0 Å². The van der Waals surface area contributed by atoms with Gasteiger partial charge in [-0.15, -0.1) is 0 Å². The van der Waals surface area contributed by atoms with Crippen molar-refractivity contribution in [3.8, 4) is 39.2 Å². The average Bonchev–Trinajstić information content (AvgIpc) is 3.45. The van der Waals surface area contributed by atoms with E-state index in [0.29, 0.717) is 0 Å². The predicted octanol–water partition coefficient (Wildman–Crippen LogP) is 10.3. The first-order chi connectivity index (χ1) is 22.3. The van der Waals surface area contributed by atoms with Crippen LogP contribution in [0.4, 0.5) is 0 Å². The number of hydrogen-bond acceptors (Lipinski definition) is 3. The van der Waals surface area contributed by atoms with Crippen LogP contribution in [0, 0.1) is 0 Å². The fourth-order valence-corrected chi connectivity index (χ4v) is 6.44. The minimum absolute atomic E-state index is 0.935. The fourth-order valence-electron chi connectivity index (χ4n) is 6.44. The SMILES string of the molecule is c1ccc(-n2c3ccc(-c4ccc(-c5ccc(-c6ccc7ccc8cccnc8c7n6)cc5)cc4)cc3c3cccnc32)cc1. The Morgan fingerprint density at radius 1 is 0.422 bits per heavy atom. The highest BCUT2D eigenvalue weighted by Crippen LogP contribution is 2.35. The van der Waals surface area contributed by atoms with Crippen molar-refractivity contribution in [3.63, 3.8) is 0 Å². The molecule has 0 saturated carbocycles. The molecule has 0 fully saturated rings. The number of nitrogens with zero attached hydrogens (tertiary/aromatic N) is 4. The van der Waals surface area contributed by atoms with E-state index in [2.05, 4.69) is 137 Å². The molecule has 4 aromatic heterocycles. The van der Waals surface area contributed by atoms with E-state index < -0.39 is 0 Å². The lowest BCUT2D eigenvalue weighted by atomic mass is 9.98. The van der Waals surface area contributed by atoms with Gasteiger partial charge in [0.05, 0.1) is 22.2 Å². The van der Waals surface area contributed by atoms with E-state index in [9.17, 15) is 0 Å². The summed E-state index contributed by atoms with van der Waals surface area (Å²) in [7, 11) is 0. The number of fused-ring (bicyclic) bond motifs is 6. The highest BCUT2D eigenvalue weighted by molar-refractivity contribution is 6.09. The Hall–Kier alpha value is -6.13. The van der Waals surface area contributed by atoms with Gasteiger partial charge in [-0.1, -0.05) is 97.1 Å². The average molecular weight is 575 g/mol. The van der Waals surface area contributed by atoms with E-state index in [1.165, 1.54) is 27.6 Å². The minimum atomic E-state index is 0.935. The normalized spacial score (nSPS) is 11.6. The van der Waals surface area contributed by atoms with Crippen LogP contribution in [0.3, 0.4) is 0 Å². The van der Waals surface area contributed by atoms with Crippen molar-refractivity contribution in [2.24, 2.45) is 0 Å². The van der Waals surface area contributed by atoms with Gasteiger partial charge < -0.3 is 0 Å². The summed E-state index contributed by atoms with van der Waals surface area (Å²) in [5.74, 6) is 0. The molecule has 45 heavy (non-hydrogen) atoms. The summed E-state index contributed by atoms with van der Waals surface area (Å²) in [6, 6.07) is 51.3. The number of aromatic nitrogens is 4. The summed E-state index contributed by atoms with van der Waals surface area (Å²) in [6.45, 7) is 0. The lowest BCUT2D eigenvalue weighted by Gasteiger charge is -2.09. The third-order valence-corrected chi connectivity index (χ3v) is 8.70. The monoisotopic (exact) mass is 574 g/mol. The first-order valence-electron chi connectivity index (χ1n) is 15.1. The van der Waals surface area contributed by atoms with Gasteiger partial charge >= 0.3 is 0 Å². The Bertz CT molecular complexity index is 2510. The molecule has 9 aromatic rings. The third-order valence-electron chi connectivity index (χ3n) is 8.70. The summed E-state index contributed by atoms with van der Waals surface area (Å²) < 4.78 is 2.24. The van der Waals surface area contributed by atoms with Gasteiger partial charge in [0, 0.05) is 45.2 Å². The Morgan fingerprint density at radius 2 is 1.04 bits per heavy atom. The van der Waals surface area contributed by atoms with Gasteiger partial charge in [-0.05, 0) is 70.8 Å². The maximum absolute atomic E-state index is 5.01. The molecule has 4 heteroatoms. The van der Waals surface area contributed by atoms with Gasteiger partial charge in [0.15, 0.2) is 0 Å². The Balaban J connectivity index is 1.03. The lowest BCUT2D eigenvalue weighted by molar-refractivity contribution is 1.14. The van der Waals surface area contributed by atoms with Crippen molar-refractivity contribution in [3.05, 3.63) is 158 Å². The van der Waals surface area contributed by atoms with E-state index in [-0.39, 0.29) is 0 Å². The molecule has 0 aliphatic carbocycles. The van der Waals surface area contributed by atoms with Crippen molar-refractivity contribution < 1.29 is 0 Å². The molecule has 0 bridgehead atoms. The van der Waals surface area contributed by atoms with E-state index >= 15 is 0 Å². The molecule has 4 heterocycles. The second-order valence-corrected chi connectivity index (χ2v) is 11.3. The Kier molecular flexibility index (Phi) is 5.78. The van der Waals surface area contributed by atoms with Crippen molar-refractivity contribution in [2.45, 2.75) is 0 Å². The van der Waals surface area contributed by atoms with Gasteiger partial charge in [-0.3, -0.25) is 9.55 Å². The van der Waals surface area contributed by atoms with Crippen molar-refractivity contribution in [2.75, 3.05) is 0 Å². The number of pyridine rings is 3. The van der Waals surface area contributed by atoms with Gasteiger partial charge in [0.1, 0.15) is 5.65 Å². The zero-order valence-corrected chi connectivity index (χ0v) is 24.3. The predicted molar refractivity (Wildman–Crippen MR) is 185 cm³/mol. The van der Waals surface area contributed by atoms with Crippen LogP contribution in [0.5, 0.6) is 0 Å². The maximum Gasteiger partial charge on any atom is 0.145 e. The standard InChI is InChI=1S/C41H26N4/c1-2-7-34(8-3-1)45-38-23-21-33(26-36(38)35-9-5-25-43-41(35)45)29-12-10-27(11-13-29)28-14-16-30(17-15-28)37-22-20-32-19-18-31-6-4-24-42-39(31)40(32)44-37/h1-26H. The molecule has 0 N–H and O–H groups in total. The highest BCUT2D eigenvalue weighted by Gasteiger charge is 2.14. The summed E-state index contributed by atoms with van der Waals surface area (Å²) in [5, 5.41) is 4.55. The summed E-state index contributed by atoms with van der Waals surface area (Å²) >= 11 is 0. The zero-order chi connectivity index (χ0) is 29.7. The number of hydrogen-bond donors (Lipinski definition) is 0. The number of para-hydroxylation sites is 1. The molecule has 0 aliphatic heterocycles. The molecule has 0 radical (unpaired) electrons. The van der Waals surface area contributed by atoms with Crippen LogP contribution in [0.15, 0.2) is 158 Å². The molecule has 0 aliphatic rings. The molecule has 0 atom stereocenters. The topological polar surface area (TPSA) is 43.6 Å². The third kappa shape index (κ3) is 4.27. The maximum atomic E-state index is 5.01. The van der Waals surface area contributed by atoms with E-state index in [0.717, 1.165) is 55.3 Å². The summed E-state index contributed by atoms with van der Waals surface area (Å²) in [5.41, 5.74) is 11.9. The van der Waals surface area contributed by atoms with Crippen LogP contribution in [-0.2, 0) is 0 Å². The van der Waals surface area contributed by atoms with Crippen LogP contribution >= 0.6 is 0 Å². The molecule has 5 aromatic carbocycles. The van der Waals surface area contributed by atoms with Crippen molar-refractivity contribution in [1.82, 2.24) is 19.5 Å². The summed E-state index contributed by atoms with van der Waals surface area (Å²) in [4.78, 5) is 14.4. The van der Waals surface area contributed by atoms with Crippen LogP contribution in [-0.4, -0.2) is 19.5 Å². The molecule has 0 amide bonds. The first kappa shape index (κ1) is 25.4. The summed E-state index contributed by atoms with van der Waals surface area (Å²) in [6.07, 6.45) is 3.70. The lowest BCUT2D eigenvalue weighted by Crippen LogP contribution is -1.94. The molecule has 210 valence electrons. The molecule has 9 rings (SSSR count). The van der Waals surface area contributed by atoms with E-state index in [1.807, 2.05) is 30.6 Å². The molecule has 0 spiro atoms. The number of rotatable bonds is 4. The Morgan fingerprint density at radius 3 is 1.82 bits per heavy atom. The largest absolute Gasteiger partial charge is 0.294 e. The molecule has 0 saturated heterocycles. The van der Waals surface area contributed by atoms with Gasteiger partial charge in [0.25, 0.3) is 0 Å². The zero-order valence-electron chi connectivity index (χ0n) is 24.3. The van der Waals surface area contributed by atoms with Crippen molar-refractivity contribution >= 4 is 43.7 Å². The highest BCUT2D eigenvalue weighted by atomic mass is 15.0. The van der Waals surface area contributed by atoms with Gasteiger partial charge in [-0.2, -0.15) is 0 Å². The first-order valence-corrected chi connectivity index (χ1v) is 15.1. The van der Waals surface area contributed by atoms with Gasteiger partial charge in [-0.25, -0.2) is 9.97 Å². The van der Waals surface area contributed by atoms with Crippen LogP contribution < -0.4 is 0 Å². The van der Waals surface area contributed by atoms with Crippen LogP contribution in [0.25, 0.3) is 82.9 Å². The fraction of sp³-hybridized carbons (Fsp3) is 0. The quantitative estimate of drug-likeness (QED) is 0.196. The van der Waals surface area contributed by atoms with Crippen LogP contribution in [0.2, 0.25) is 0 Å². The van der Waals surface area contributed by atoms with Crippen molar-refractivity contribution in [1.29, 1.82) is 0 Å². The Labute approximate surface area is 259 Å². The molecular formula is C41H26N4. The van der Waals surface area contributed by atoms with Crippen LogP contribution in [0.1, 0.15) is 0 Å². The molecule has 4 nitrogen and oxygen atoms in total. The second kappa shape index (κ2) is 10.2. The minimum Gasteiger partial charge on any atom is -0.294 e. The second-order valence-electron chi connectivity index (χ2n) is 11.3. The van der Waals surface area contributed by atoms with E-state index in [4.69, 9.17) is 9.97 Å². The smallest absolute Gasteiger partial charge is 0.145 e.